The van der Waals surface area contributed by atoms with Gasteiger partial charge in [0.2, 0.25) is 10.0 Å². The third-order valence-corrected chi connectivity index (χ3v) is 5.20. The summed E-state index contributed by atoms with van der Waals surface area (Å²) in [5.41, 5.74) is 1.28. The molecule has 0 bridgehead atoms. The molecule has 21 heavy (non-hydrogen) atoms. The molecule has 0 aromatic heterocycles. The van der Waals surface area contributed by atoms with Gasteiger partial charge in [0.05, 0.1) is 13.4 Å². The molecule has 0 spiro atoms. The highest BCUT2D eigenvalue weighted by Gasteiger charge is 2.20. The van der Waals surface area contributed by atoms with Gasteiger partial charge in [-0.15, -0.1) is 0 Å². The van der Waals surface area contributed by atoms with Crippen LogP contribution in [0.3, 0.4) is 0 Å². The molecule has 1 aliphatic heterocycles. The van der Waals surface area contributed by atoms with Crippen LogP contribution >= 0.6 is 0 Å². The van der Waals surface area contributed by atoms with E-state index in [-0.39, 0.29) is 0 Å². The van der Waals surface area contributed by atoms with Gasteiger partial charge in [-0.2, -0.15) is 0 Å². The molecule has 1 aliphatic rings. The molecule has 0 radical (unpaired) electrons. The number of hydrogen-bond donors (Lipinski definition) is 0. The molecule has 1 aromatic rings. The smallest absolute Gasteiger partial charge is 0.211 e. The summed E-state index contributed by atoms with van der Waals surface area (Å²) in [6.45, 7) is 3.97. The highest BCUT2D eigenvalue weighted by molar-refractivity contribution is 7.88. The van der Waals surface area contributed by atoms with Crippen LogP contribution in [0, 0.1) is 0 Å². The minimum Gasteiger partial charge on any atom is -0.497 e. The Morgan fingerprint density at radius 2 is 1.81 bits per heavy atom. The molecule has 6 heteroatoms. The second-order valence-electron chi connectivity index (χ2n) is 5.46. The number of benzene rings is 1. The third-order valence-electron chi connectivity index (χ3n) is 3.89. The van der Waals surface area contributed by atoms with E-state index in [1.807, 2.05) is 12.1 Å². The number of methoxy groups -OCH3 is 1. The van der Waals surface area contributed by atoms with E-state index < -0.39 is 10.0 Å². The largest absolute Gasteiger partial charge is 0.497 e. The zero-order valence-electron chi connectivity index (χ0n) is 12.8. The van der Waals surface area contributed by atoms with E-state index in [0.717, 1.165) is 38.2 Å². The fourth-order valence-electron chi connectivity index (χ4n) is 2.58. The van der Waals surface area contributed by atoms with Crippen molar-refractivity contribution >= 4 is 10.0 Å². The Labute approximate surface area is 127 Å². The lowest BCUT2D eigenvalue weighted by atomic mass is 10.1. The van der Waals surface area contributed by atoms with Gasteiger partial charge in [0.1, 0.15) is 5.75 Å². The van der Waals surface area contributed by atoms with Crippen molar-refractivity contribution < 1.29 is 13.2 Å². The van der Waals surface area contributed by atoms with Crippen molar-refractivity contribution in [2.24, 2.45) is 0 Å². The SMILES string of the molecule is COc1ccc(CCN2CCCN(S(C)(=O)=O)CC2)cc1. The minimum atomic E-state index is -3.05. The van der Waals surface area contributed by atoms with Crippen molar-refractivity contribution in [3.05, 3.63) is 29.8 Å². The van der Waals surface area contributed by atoms with Crippen molar-refractivity contribution in [3.63, 3.8) is 0 Å². The summed E-state index contributed by atoms with van der Waals surface area (Å²) < 4.78 is 29.9. The monoisotopic (exact) mass is 312 g/mol. The molecular formula is C15H24N2O3S. The highest BCUT2D eigenvalue weighted by Crippen LogP contribution is 2.13. The van der Waals surface area contributed by atoms with Gasteiger partial charge < -0.3 is 9.64 Å². The van der Waals surface area contributed by atoms with E-state index in [2.05, 4.69) is 17.0 Å². The van der Waals surface area contributed by atoms with Crippen LogP contribution in [0.1, 0.15) is 12.0 Å². The average molecular weight is 312 g/mol. The van der Waals surface area contributed by atoms with E-state index in [0.29, 0.717) is 13.1 Å². The van der Waals surface area contributed by atoms with Crippen LogP contribution in [-0.2, 0) is 16.4 Å². The summed E-state index contributed by atoms with van der Waals surface area (Å²) >= 11 is 0. The fourth-order valence-corrected chi connectivity index (χ4v) is 3.46. The first kappa shape index (κ1) is 16.3. The Kier molecular flexibility index (Phi) is 5.61. The third kappa shape index (κ3) is 4.98. The van der Waals surface area contributed by atoms with Crippen molar-refractivity contribution in [1.29, 1.82) is 0 Å². The van der Waals surface area contributed by atoms with Gasteiger partial charge in [0.15, 0.2) is 0 Å². The Hall–Kier alpha value is -1.11. The fraction of sp³-hybridized carbons (Fsp3) is 0.600. The molecule has 118 valence electrons. The second kappa shape index (κ2) is 7.24. The van der Waals surface area contributed by atoms with Gasteiger partial charge in [-0.3, -0.25) is 0 Å². The van der Waals surface area contributed by atoms with Crippen molar-refractivity contribution in [2.45, 2.75) is 12.8 Å². The molecule has 1 heterocycles. The van der Waals surface area contributed by atoms with Crippen LogP contribution in [0.2, 0.25) is 0 Å². The van der Waals surface area contributed by atoms with Crippen LogP contribution in [-0.4, -0.2) is 63.7 Å². The Morgan fingerprint density at radius 3 is 2.43 bits per heavy atom. The Balaban J connectivity index is 1.83. The van der Waals surface area contributed by atoms with Crippen LogP contribution in [0.25, 0.3) is 0 Å². The van der Waals surface area contributed by atoms with E-state index >= 15 is 0 Å². The first-order valence-electron chi connectivity index (χ1n) is 7.29. The standard InChI is InChI=1S/C15H24N2O3S/c1-20-15-6-4-14(5-7-15)8-11-16-9-3-10-17(13-12-16)21(2,18)19/h4-7H,3,8-13H2,1-2H3. The zero-order chi connectivity index (χ0) is 15.3. The van der Waals surface area contributed by atoms with Gasteiger partial charge in [-0.05, 0) is 37.1 Å². The van der Waals surface area contributed by atoms with Gasteiger partial charge in [-0.25, -0.2) is 12.7 Å². The maximum Gasteiger partial charge on any atom is 0.211 e. The number of sulfonamides is 1. The lowest BCUT2D eigenvalue weighted by Gasteiger charge is -2.20. The Bertz CT molecular complexity index is 543. The molecule has 1 fully saturated rings. The lowest BCUT2D eigenvalue weighted by Crippen LogP contribution is -2.35. The van der Waals surface area contributed by atoms with Crippen molar-refractivity contribution in [2.75, 3.05) is 46.1 Å². The van der Waals surface area contributed by atoms with E-state index in [1.54, 1.807) is 11.4 Å². The first-order valence-corrected chi connectivity index (χ1v) is 9.14. The predicted molar refractivity (Wildman–Crippen MR) is 84.2 cm³/mol. The predicted octanol–water partition coefficient (Wildman–Crippen LogP) is 1.21. The lowest BCUT2D eigenvalue weighted by molar-refractivity contribution is 0.290. The Morgan fingerprint density at radius 1 is 1.10 bits per heavy atom. The molecule has 1 saturated heterocycles. The summed E-state index contributed by atoms with van der Waals surface area (Å²) in [5.74, 6) is 0.873. The summed E-state index contributed by atoms with van der Waals surface area (Å²) in [6.07, 6.45) is 3.17. The topological polar surface area (TPSA) is 49.9 Å². The van der Waals surface area contributed by atoms with Gasteiger partial charge in [0.25, 0.3) is 0 Å². The normalized spacial score (nSPS) is 18.4. The summed E-state index contributed by atoms with van der Waals surface area (Å²) in [7, 11) is -1.39. The molecule has 0 atom stereocenters. The van der Waals surface area contributed by atoms with E-state index in [9.17, 15) is 8.42 Å². The summed E-state index contributed by atoms with van der Waals surface area (Å²) in [5, 5.41) is 0. The van der Waals surface area contributed by atoms with E-state index in [4.69, 9.17) is 4.74 Å². The highest BCUT2D eigenvalue weighted by atomic mass is 32.2. The number of hydrogen-bond acceptors (Lipinski definition) is 4. The molecule has 1 aromatic carbocycles. The molecule has 2 rings (SSSR count). The van der Waals surface area contributed by atoms with Crippen LogP contribution in [0.4, 0.5) is 0 Å². The molecule has 0 amide bonds. The number of rotatable bonds is 5. The van der Waals surface area contributed by atoms with Crippen LogP contribution < -0.4 is 4.74 Å². The quantitative estimate of drug-likeness (QED) is 0.820. The first-order chi connectivity index (χ1) is 9.99. The van der Waals surface area contributed by atoms with Gasteiger partial charge >= 0.3 is 0 Å². The van der Waals surface area contributed by atoms with Gasteiger partial charge in [-0.1, -0.05) is 12.1 Å². The van der Waals surface area contributed by atoms with E-state index in [1.165, 1.54) is 11.8 Å². The molecule has 0 aliphatic carbocycles. The van der Waals surface area contributed by atoms with Crippen LogP contribution in [0.15, 0.2) is 24.3 Å². The number of ether oxygens (including phenoxy) is 1. The van der Waals surface area contributed by atoms with Gasteiger partial charge in [0, 0.05) is 26.2 Å². The van der Waals surface area contributed by atoms with Crippen molar-refractivity contribution in [3.8, 4) is 5.75 Å². The number of nitrogens with zero attached hydrogens (tertiary/aromatic N) is 2. The second-order valence-corrected chi connectivity index (χ2v) is 7.44. The molecule has 0 unspecified atom stereocenters. The molecule has 0 N–H and O–H groups in total. The van der Waals surface area contributed by atoms with Crippen molar-refractivity contribution in [1.82, 2.24) is 9.21 Å². The summed E-state index contributed by atoms with van der Waals surface area (Å²) in [4.78, 5) is 2.34. The maximum absolute atomic E-state index is 11.6. The molecule has 0 saturated carbocycles. The minimum absolute atomic E-state index is 0.599. The van der Waals surface area contributed by atoms with Crippen LogP contribution in [0.5, 0.6) is 5.75 Å². The zero-order valence-corrected chi connectivity index (χ0v) is 13.6. The molecule has 5 nitrogen and oxygen atoms in total. The maximum atomic E-state index is 11.6. The average Bonchev–Trinajstić information content (AvgIpc) is 2.71. The molecular weight excluding hydrogens is 288 g/mol. The summed E-state index contributed by atoms with van der Waals surface area (Å²) in [6, 6.07) is 8.12.